The minimum atomic E-state index is -0.238. The summed E-state index contributed by atoms with van der Waals surface area (Å²) in [5.74, 6) is 0.169. The van der Waals surface area contributed by atoms with Crippen molar-refractivity contribution in [1.82, 2.24) is 9.78 Å². The van der Waals surface area contributed by atoms with Gasteiger partial charge in [-0.1, -0.05) is 37.3 Å². The van der Waals surface area contributed by atoms with E-state index >= 15 is 0 Å². The highest BCUT2D eigenvalue weighted by Gasteiger charge is 2.19. The van der Waals surface area contributed by atoms with Crippen molar-refractivity contribution in [1.29, 1.82) is 0 Å². The summed E-state index contributed by atoms with van der Waals surface area (Å²) < 4.78 is 6.58. The molecule has 0 aliphatic carbocycles. The second-order valence-corrected chi connectivity index (χ2v) is 6.56. The number of methoxy groups -OCH3 is 1. The molecule has 2 aromatic carbocycles. The second kappa shape index (κ2) is 9.54. The third-order valence-electron chi connectivity index (χ3n) is 4.51. The van der Waals surface area contributed by atoms with Crippen molar-refractivity contribution in [2.24, 2.45) is 0 Å². The lowest BCUT2D eigenvalue weighted by Crippen LogP contribution is -2.20. The number of benzene rings is 2. The Morgan fingerprint density at radius 2 is 1.76 bits per heavy atom. The van der Waals surface area contributed by atoms with Gasteiger partial charge in [0.15, 0.2) is 0 Å². The van der Waals surface area contributed by atoms with Crippen LogP contribution in [0, 0.1) is 0 Å². The molecule has 7 heteroatoms. The lowest BCUT2D eigenvalue weighted by atomic mass is 9.96. The highest BCUT2D eigenvalue weighted by molar-refractivity contribution is 5.95. The van der Waals surface area contributed by atoms with E-state index in [0.717, 1.165) is 11.3 Å². The Morgan fingerprint density at radius 1 is 1.03 bits per heavy atom. The Hall–Kier alpha value is -3.61. The van der Waals surface area contributed by atoms with E-state index in [1.807, 2.05) is 37.3 Å². The number of ether oxygens (including phenoxy) is 1. The predicted molar refractivity (Wildman–Crippen MR) is 112 cm³/mol. The fraction of sp³-hybridized carbons (Fsp3) is 0.227. The minimum Gasteiger partial charge on any atom is -0.497 e. The van der Waals surface area contributed by atoms with Crippen LogP contribution in [0.3, 0.4) is 0 Å². The van der Waals surface area contributed by atoms with Crippen molar-refractivity contribution in [3.8, 4) is 5.75 Å². The van der Waals surface area contributed by atoms with E-state index in [-0.39, 0.29) is 24.3 Å². The van der Waals surface area contributed by atoms with Gasteiger partial charge < -0.3 is 15.4 Å². The molecule has 2 N–H and O–H groups in total. The topological polar surface area (TPSA) is 85.2 Å². The molecule has 1 atom stereocenters. The number of carbonyl (C=O) groups is 2. The maximum Gasteiger partial charge on any atom is 0.246 e. The van der Waals surface area contributed by atoms with E-state index in [1.165, 1.54) is 10.9 Å². The highest BCUT2D eigenvalue weighted by atomic mass is 16.5. The van der Waals surface area contributed by atoms with Crippen molar-refractivity contribution in [2.75, 3.05) is 17.7 Å². The van der Waals surface area contributed by atoms with Crippen LogP contribution in [0.5, 0.6) is 5.75 Å². The molecule has 0 fully saturated rings. The average Bonchev–Trinajstić information content (AvgIpc) is 3.16. The van der Waals surface area contributed by atoms with Gasteiger partial charge in [0, 0.05) is 11.9 Å². The number of hydrogen-bond acceptors (Lipinski definition) is 4. The number of nitrogens with zero attached hydrogens (tertiary/aromatic N) is 2. The zero-order chi connectivity index (χ0) is 20.6. The van der Waals surface area contributed by atoms with E-state index < -0.39 is 0 Å². The molecular weight excluding hydrogens is 368 g/mol. The van der Waals surface area contributed by atoms with Crippen molar-refractivity contribution in [2.45, 2.75) is 25.8 Å². The first-order valence-electron chi connectivity index (χ1n) is 9.41. The van der Waals surface area contributed by atoms with Gasteiger partial charge in [0.25, 0.3) is 0 Å². The highest BCUT2D eigenvalue weighted by Crippen LogP contribution is 2.21. The average molecular weight is 392 g/mol. The first-order chi connectivity index (χ1) is 14.1. The zero-order valence-electron chi connectivity index (χ0n) is 16.5. The van der Waals surface area contributed by atoms with Crippen LogP contribution in [-0.2, 0) is 16.1 Å². The number of carbonyl (C=O) groups excluding carboxylic acids is 2. The molecule has 0 saturated carbocycles. The first kappa shape index (κ1) is 20.1. The molecule has 1 unspecified atom stereocenters. The van der Waals surface area contributed by atoms with Crippen LogP contribution in [0.4, 0.5) is 11.4 Å². The number of amides is 2. The van der Waals surface area contributed by atoms with Gasteiger partial charge >= 0.3 is 0 Å². The molecule has 0 saturated heterocycles. The number of anilines is 2. The smallest absolute Gasteiger partial charge is 0.246 e. The summed E-state index contributed by atoms with van der Waals surface area (Å²) in [4.78, 5) is 24.8. The maximum atomic E-state index is 12.6. The molecule has 0 aliphatic heterocycles. The van der Waals surface area contributed by atoms with Gasteiger partial charge in [0.2, 0.25) is 11.8 Å². The second-order valence-electron chi connectivity index (χ2n) is 6.56. The molecule has 0 aliphatic rings. The van der Waals surface area contributed by atoms with Gasteiger partial charge in [-0.25, -0.2) is 0 Å². The Balaban J connectivity index is 1.57. The third-order valence-corrected chi connectivity index (χ3v) is 4.51. The van der Waals surface area contributed by atoms with Gasteiger partial charge in [-0.05, 0) is 36.2 Å². The summed E-state index contributed by atoms with van der Waals surface area (Å²) in [6.45, 7) is 2.02. The number of rotatable bonds is 8. The van der Waals surface area contributed by atoms with Gasteiger partial charge in [-0.2, -0.15) is 5.10 Å². The van der Waals surface area contributed by atoms with Crippen molar-refractivity contribution >= 4 is 23.2 Å². The number of hydrogen-bond donors (Lipinski definition) is 2. The quantitative estimate of drug-likeness (QED) is 0.613. The summed E-state index contributed by atoms with van der Waals surface area (Å²) in [7, 11) is 1.59. The molecule has 7 nitrogen and oxygen atoms in total. The van der Waals surface area contributed by atoms with E-state index in [1.54, 1.807) is 37.6 Å². The van der Waals surface area contributed by atoms with Crippen LogP contribution < -0.4 is 15.4 Å². The Kier molecular flexibility index (Phi) is 6.63. The lowest BCUT2D eigenvalue weighted by molar-refractivity contribution is -0.118. The van der Waals surface area contributed by atoms with E-state index in [4.69, 9.17) is 4.74 Å². The summed E-state index contributed by atoms with van der Waals surface area (Å²) in [6, 6.07) is 16.7. The van der Waals surface area contributed by atoms with Crippen LogP contribution >= 0.6 is 0 Å². The van der Waals surface area contributed by atoms with Gasteiger partial charge in [0.05, 0.1) is 24.9 Å². The number of nitrogens with one attached hydrogen (secondary N) is 2. The summed E-state index contributed by atoms with van der Waals surface area (Å²) in [5, 5.41) is 9.83. The van der Waals surface area contributed by atoms with Gasteiger partial charge in [-0.3, -0.25) is 14.3 Å². The van der Waals surface area contributed by atoms with Crippen LogP contribution in [0.25, 0.3) is 0 Å². The normalized spacial score (nSPS) is 11.5. The minimum absolute atomic E-state index is 0.0395. The standard InChI is InChI=1S/C22H24N4O3/c1-3-20(16-7-5-4-6-8-16)22(28)25-18-13-23-26(14-18)15-21(27)24-17-9-11-19(29-2)12-10-17/h4-14,20H,3,15H2,1-2H3,(H,24,27)(H,25,28). The fourth-order valence-corrected chi connectivity index (χ4v) is 3.02. The van der Waals surface area contributed by atoms with Crippen LogP contribution in [0.2, 0.25) is 0 Å². The largest absolute Gasteiger partial charge is 0.497 e. The summed E-state index contributed by atoms with van der Waals surface area (Å²) in [5.41, 5.74) is 2.20. The monoisotopic (exact) mass is 392 g/mol. The molecule has 0 radical (unpaired) electrons. The van der Waals surface area contributed by atoms with E-state index in [2.05, 4.69) is 15.7 Å². The summed E-state index contributed by atoms with van der Waals surface area (Å²) in [6.07, 6.45) is 3.87. The molecule has 1 aromatic heterocycles. The van der Waals surface area contributed by atoms with Crippen LogP contribution in [-0.4, -0.2) is 28.7 Å². The van der Waals surface area contributed by atoms with Crippen molar-refractivity contribution < 1.29 is 14.3 Å². The van der Waals surface area contributed by atoms with E-state index in [9.17, 15) is 9.59 Å². The van der Waals surface area contributed by atoms with Crippen molar-refractivity contribution in [3.05, 3.63) is 72.6 Å². The molecule has 150 valence electrons. The molecule has 29 heavy (non-hydrogen) atoms. The SMILES string of the molecule is CCC(C(=O)Nc1cnn(CC(=O)Nc2ccc(OC)cc2)c1)c1ccccc1. The maximum absolute atomic E-state index is 12.6. The number of aromatic nitrogens is 2. The van der Waals surface area contributed by atoms with E-state index in [0.29, 0.717) is 17.8 Å². The summed E-state index contributed by atoms with van der Waals surface area (Å²) >= 11 is 0. The van der Waals surface area contributed by atoms with Crippen LogP contribution in [0.15, 0.2) is 67.0 Å². The lowest BCUT2D eigenvalue weighted by Gasteiger charge is -2.14. The molecular formula is C22H24N4O3. The zero-order valence-corrected chi connectivity index (χ0v) is 16.5. The predicted octanol–water partition coefficient (Wildman–Crippen LogP) is 3.66. The third kappa shape index (κ3) is 5.44. The Morgan fingerprint density at radius 3 is 2.41 bits per heavy atom. The molecule has 2 amide bonds. The van der Waals surface area contributed by atoms with Crippen molar-refractivity contribution in [3.63, 3.8) is 0 Å². The molecule has 0 bridgehead atoms. The Labute approximate surface area is 169 Å². The first-order valence-corrected chi connectivity index (χ1v) is 9.41. The molecule has 0 spiro atoms. The van der Waals surface area contributed by atoms with Gasteiger partial charge in [-0.15, -0.1) is 0 Å². The van der Waals surface area contributed by atoms with Gasteiger partial charge in [0.1, 0.15) is 12.3 Å². The Bertz CT molecular complexity index is 952. The fourth-order valence-electron chi connectivity index (χ4n) is 3.02. The van der Waals surface area contributed by atoms with Crippen LogP contribution in [0.1, 0.15) is 24.8 Å². The molecule has 1 heterocycles. The molecule has 3 aromatic rings. The molecule has 3 rings (SSSR count).